The van der Waals surface area contributed by atoms with Gasteiger partial charge in [0, 0.05) is 9.50 Å². The Bertz CT molecular complexity index is 622. The van der Waals surface area contributed by atoms with Gasteiger partial charge in [0.2, 0.25) is 0 Å². The van der Waals surface area contributed by atoms with Crippen molar-refractivity contribution in [2.24, 2.45) is 0 Å². The molecule has 0 aliphatic carbocycles. The molecule has 1 N–H and O–H groups in total. The van der Waals surface area contributed by atoms with Crippen molar-refractivity contribution in [3.8, 4) is 0 Å². The molecular formula is C16H16BrClO. The van der Waals surface area contributed by atoms with E-state index in [9.17, 15) is 5.11 Å². The first kappa shape index (κ1) is 14.6. The van der Waals surface area contributed by atoms with Crippen molar-refractivity contribution in [3.63, 3.8) is 0 Å². The van der Waals surface area contributed by atoms with E-state index in [1.807, 2.05) is 51.1 Å². The zero-order valence-electron chi connectivity index (χ0n) is 11.2. The minimum absolute atomic E-state index is 0.622. The second-order valence-corrected chi connectivity index (χ2v) is 6.13. The molecule has 0 bridgehead atoms. The lowest BCUT2D eigenvalue weighted by atomic mass is 9.95. The monoisotopic (exact) mass is 338 g/mol. The molecule has 0 aliphatic heterocycles. The number of halogens is 2. The van der Waals surface area contributed by atoms with Gasteiger partial charge in [-0.25, -0.2) is 0 Å². The predicted octanol–water partition coefficient (Wildman–Crippen LogP) is 5.11. The van der Waals surface area contributed by atoms with E-state index >= 15 is 0 Å². The summed E-state index contributed by atoms with van der Waals surface area (Å²) in [5.41, 5.74) is 4.90. The van der Waals surface area contributed by atoms with E-state index in [0.29, 0.717) is 0 Å². The summed E-state index contributed by atoms with van der Waals surface area (Å²) >= 11 is 9.57. The van der Waals surface area contributed by atoms with Crippen LogP contribution >= 0.6 is 27.5 Å². The van der Waals surface area contributed by atoms with Gasteiger partial charge in [-0.2, -0.15) is 0 Å². The normalized spacial score (nSPS) is 12.5. The second-order valence-electron chi connectivity index (χ2n) is 4.87. The summed E-state index contributed by atoms with van der Waals surface area (Å²) in [5.74, 6) is 0. The Kier molecular flexibility index (Phi) is 4.34. The van der Waals surface area contributed by atoms with Crippen LogP contribution in [0.4, 0.5) is 0 Å². The van der Waals surface area contributed by atoms with Crippen molar-refractivity contribution in [2.45, 2.75) is 26.9 Å². The molecule has 0 aromatic heterocycles. The lowest BCUT2D eigenvalue weighted by Crippen LogP contribution is -2.03. The molecule has 1 atom stereocenters. The van der Waals surface area contributed by atoms with Crippen molar-refractivity contribution < 1.29 is 5.11 Å². The summed E-state index contributed by atoms with van der Waals surface area (Å²) in [6.45, 7) is 5.93. The van der Waals surface area contributed by atoms with E-state index in [1.165, 1.54) is 0 Å². The van der Waals surface area contributed by atoms with Gasteiger partial charge in [0.05, 0.1) is 0 Å². The van der Waals surface area contributed by atoms with Crippen molar-refractivity contribution in [1.29, 1.82) is 0 Å². The lowest BCUT2D eigenvalue weighted by molar-refractivity contribution is 0.219. The molecular weight excluding hydrogens is 324 g/mol. The average molecular weight is 340 g/mol. The first-order valence-corrected chi connectivity index (χ1v) is 7.28. The van der Waals surface area contributed by atoms with Gasteiger partial charge in [0.1, 0.15) is 6.10 Å². The fourth-order valence-electron chi connectivity index (χ4n) is 2.12. The lowest BCUT2D eigenvalue weighted by Gasteiger charge is -2.16. The van der Waals surface area contributed by atoms with E-state index in [-0.39, 0.29) is 0 Å². The van der Waals surface area contributed by atoms with Crippen LogP contribution < -0.4 is 0 Å². The Balaban J connectivity index is 2.46. The van der Waals surface area contributed by atoms with Crippen molar-refractivity contribution in [1.82, 2.24) is 0 Å². The Morgan fingerprint density at radius 2 is 1.68 bits per heavy atom. The summed E-state index contributed by atoms with van der Waals surface area (Å²) in [4.78, 5) is 0. The number of hydrogen-bond acceptors (Lipinski definition) is 1. The van der Waals surface area contributed by atoms with Crippen molar-refractivity contribution in [3.05, 3.63) is 67.6 Å². The zero-order chi connectivity index (χ0) is 14.2. The number of rotatable bonds is 2. The molecule has 0 aliphatic rings. The zero-order valence-corrected chi connectivity index (χ0v) is 13.5. The minimum Gasteiger partial charge on any atom is -0.384 e. The third-order valence-corrected chi connectivity index (χ3v) is 4.64. The maximum atomic E-state index is 10.5. The van der Waals surface area contributed by atoms with Crippen LogP contribution in [0.5, 0.6) is 0 Å². The molecule has 2 aromatic carbocycles. The number of aliphatic hydroxyl groups excluding tert-OH is 1. The van der Waals surface area contributed by atoms with E-state index in [0.717, 1.165) is 37.3 Å². The van der Waals surface area contributed by atoms with Crippen LogP contribution in [-0.4, -0.2) is 5.11 Å². The Morgan fingerprint density at radius 1 is 1.00 bits per heavy atom. The molecule has 0 saturated carbocycles. The fourth-order valence-corrected chi connectivity index (χ4v) is 2.58. The number of hydrogen-bond donors (Lipinski definition) is 1. The summed E-state index contributed by atoms with van der Waals surface area (Å²) in [6, 6.07) is 9.76. The first-order chi connectivity index (χ1) is 8.90. The Morgan fingerprint density at radius 3 is 2.32 bits per heavy atom. The maximum Gasteiger partial charge on any atom is 0.104 e. The third kappa shape index (κ3) is 3.02. The molecule has 3 heteroatoms. The smallest absolute Gasteiger partial charge is 0.104 e. The highest BCUT2D eigenvalue weighted by atomic mass is 79.9. The van der Waals surface area contributed by atoms with Gasteiger partial charge in [-0.3, -0.25) is 0 Å². The van der Waals surface area contributed by atoms with Gasteiger partial charge >= 0.3 is 0 Å². The van der Waals surface area contributed by atoms with E-state index in [2.05, 4.69) is 15.9 Å². The number of aryl methyl sites for hydroxylation is 3. The highest BCUT2D eigenvalue weighted by molar-refractivity contribution is 9.10. The molecule has 2 aromatic rings. The van der Waals surface area contributed by atoms with Crippen LogP contribution in [0.3, 0.4) is 0 Å². The summed E-state index contributed by atoms with van der Waals surface area (Å²) in [7, 11) is 0. The molecule has 2 rings (SSSR count). The molecule has 0 saturated heterocycles. The van der Waals surface area contributed by atoms with E-state index in [4.69, 9.17) is 11.6 Å². The van der Waals surface area contributed by atoms with E-state index < -0.39 is 6.10 Å². The third-order valence-electron chi connectivity index (χ3n) is 3.34. The maximum absolute atomic E-state index is 10.5. The van der Waals surface area contributed by atoms with Gasteiger partial charge in [-0.05, 0) is 60.7 Å². The van der Waals surface area contributed by atoms with Gasteiger partial charge in [0.25, 0.3) is 0 Å². The number of benzene rings is 2. The SMILES string of the molecule is Cc1cc(C(O)c2ccc(Br)c(C)c2)c(C)cc1Cl. The van der Waals surface area contributed by atoms with Crippen molar-refractivity contribution in [2.75, 3.05) is 0 Å². The highest BCUT2D eigenvalue weighted by Gasteiger charge is 2.15. The van der Waals surface area contributed by atoms with E-state index in [1.54, 1.807) is 0 Å². The van der Waals surface area contributed by atoms with Gasteiger partial charge in [-0.15, -0.1) is 0 Å². The number of aliphatic hydroxyl groups is 1. The van der Waals surface area contributed by atoms with Gasteiger partial charge in [-0.1, -0.05) is 45.7 Å². The fraction of sp³-hybridized carbons (Fsp3) is 0.250. The van der Waals surface area contributed by atoms with Gasteiger partial charge in [0.15, 0.2) is 0 Å². The predicted molar refractivity (Wildman–Crippen MR) is 83.9 cm³/mol. The van der Waals surface area contributed by atoms with Crippen LogP contribution in [0.2, 0.25) is 5.02 Å². The van der Waals surface area contributed by atoms with Crippen LogP contribution in [0.1, 0.15) is 33.9 Å². The van der Waals surface area contributed by atoms with Crippen molar-refractivity contribution >= 4 is 27.5 Å². The molecule has 100 valence electrons. The molecule has 1 unspecified atom stereocenters. The Hall–Kier alpha value is -0.830. The summed E-state index contributed by atoms with van der Waals surface area (Å²) in [6.07, 6.45) is -0.622. The molecule has 19 heavy (non-hydrogen) atoms. The molecule has 0 radical (unpaired) electrons. The second kappa shape index (κ2) is 5.66. The van der Waals surface area contributed by atoms with Crippen LogP contribution in [0.15, 0.2) is 34.8 Å². The summed E-state index contributed by atoms with van der Waals surface area (Å²) in [5, 5.41) is 11.3. The molecule has 0 spiro atoms. The minimum atomic E-state index is -0.622. The largest absolute Gasteiger partial charge is 0.384 e. The first-order valence-electron chi connectivity index (χ1n) is 6.11. The van der Waals surface area contributed by atoms with Gasteiger partial charge < -0.3 is 5.11 Å². The summed E-state index contributed by atoms with van der Waals surface area (Å²) < 4.78 is 1.05. The van der Waals surface area contributed by atoms with Crippen LogP contribution in [0.25, 0.3) is 0 Å². The Labute approximate surface area is 127 Å². The van der Waals surface area contributed by atoms with Crippen LogP contribution in [-0.2, 0) is 0 Å². The topological polar surface area (TPSA) is 20.2 Å². The molecule has 0 amide bonds. The standard InChI is InChI=1S/C16H16BrClO/c1-9-8-15(18)11(3)7-13(9)16(19)12-4-5-14(17)10(2)6-12/h4-8,16,19H,1-3H3. The quantitative estimate of drug-likeness (QED) is 0.806. The average Bonchev–Trinajstić information content (AvgIpc) is 2.36. The molecule has 1 nitrogen and oxygen atoms in total. The highest BCUT2D eigenvalue weighted by Crippen LogP contribution is 2.30. The molecule has 0 heterocycles. The molecule has 0 fully saturated rings. The van der Waals surface area contributed by atoms with Crippen LogP contribution in [0, 0.1) is 20.8 Å².